The van der Waals surface area contributed by atoms with Gasteiger partial charge in [-0.3, -0.25) is 9.59 Å². The van der Waals surface area contributed by atoms with Gasteiger partial charge < -0.3 is 27.3 Å². The Morgan fingerprint density at radius 1 is 0.962 bits per heavy atom. The van der Waals surface area contributed by atoms with Gasteiger partial charge in [0.05, 0.1) is 0 Å². The molecular formula is C18H20N4O4. The Hall–Kier alpha value is -3.55. The molecule has 2 aromatic carbocycles. The number of nitrogens with one attached hydrogen (secondary N) is 1. The van der Waals surface area contributed by atoms with E-state index in [1.807, 2.05) is 30.3 Å². The molecule has 0 saturated heterocycles. The van der Waals surface area contributed by atoms with Crippen molar-refractivity contribution in [2.45, 2.75) is 13.0 Å². The molecule has 0 heterocycles. The van der Waals surface area contributed by atoms with E-state index < -0.39 is 17.9 Å². The first-order valence-corrected chi connectivity index (χ1v) is 7.85. The van der Waals surface area contributed by atoms with E-state index in [9.17, 15) is 14.4 Å². The average molecular weight is 356 g/mol. The van der Waals surface area contributed by atoms with Crippen LogP contribution < -0.4 is 22.5 Å². The maximum absolute atomic E-state index is 11.8. The number of ether oxygens (including phenoxy) is 1. The quantitative estimate of drug-likeness (QED) is 0.544. The summed E-state index contributed by atoms with van der Waals surface area (Å²) >= 11 is 0. The SMILES string of the molecule is NC(=O)c1cc(N)cc(C(N)=O)c1CCNC(=O)OCc1ccccc1. The number of alkyl carbamates (subject to hydrolysis) is 1. The fourth-order valence-corrected chi connectivity index (χ4v) is 2.47. The largest absolute Gasteiger partial charge is 0.445 e. The number of hydrogen-bond acceptors (Lipinski definition) is 5. The van der Waals surface area contributed by atoms with Crippen LogP contribution in [-0.4, -0.2) is 24.5 Å². The number of benzene rings is 2. The lowest BCUT2D eigenvalue weighted by Gasteiger charge is -2.13. The molecule has 0 spiro atoms. The van der Waals surface area contributed by atoms with Gasteiger partial charge in [-0.05, 0) is 29.7 Å². The number of rotatable bonds is 7. The molecule has 0 saturated carbocycles. The molecule has 0 aliphatic heterocycles. The zero-order valence-corrected chi connectivity index (χ0v) is 14.0. The molecule has 0 aromatic heterocycles. The van der Waals surface area contributed by atoms with E-state index in [1.54, 1.807) is 0 Å². The number of carbonyl (C=O) groups is 3. The van der Waals surface area contributed by atoms with Crippen molar-refractivity contribution in [3.8, 4) is 0 Å². The molecule has 0 atom stereocenters. The van der Waals surface area contributed by atoms with Crippen molar-refractivity contribution >= 4 is 23.6 Å². The number of nitrogen functional groups attached to an aromatic ring is 1. The van der Waals surface area contributed by atoms with E-state index in [1.165, 1.54) is 12.1 Å². The molecule has 0 fully saturated rings. The van der Waals surface area contributed by atoms with Gasteiger partial charge in [-0.15, -0.1) is 0 Å². The molecule has 0 unspecified atom stereocenters. The van der Waals surface area contributed by atoms with Crippen LogP contribution in [0, 0.1) is 0 Å². The standard InChI is InChI=1S/C18H20N4O4/c19-12-8-14(16(20)23)13(15(9-12)17(21)24)6-7-22-18(25)26-10-11-4-2-1-3-5-11/h1-5,8-9H,6-7,10,19H2,(H2,20,23)(H2,21,24)(H,22,25). The highest BCUT2D eigenvalue weighted by atomic mass is 16.5. The molecule has 0 aliphatic rings. The van der Waals surface area contributed by atoms with Crippen molar-refractivity contribution in [2.24, 2.45) is 11.5 Å². The number of nitrogens with two attached hydrogens (primary N) is 3. The lowest BCUT2D eigenvalue weighted by Crippen LogP contribution is -2.28. The molecule has 136 valence electrons. The van der Waals surface area contributed by atoms with Crippen LogP contribution >= 0.6 is 0 Å². The van der Waals surface area contributed by atoms with Crippen LogP contribution in [0.25, 0.3) is 0 Å². The Labute approximate surface area is 150 Å². The summed E-state index contributed by atoms with van der Waals surface area (Å²) < 4.78 is 5.09. The Kier molecular flexibility index (Phi) is 6.15. The van der Waals surface area contributed by atoms with Crippen molar-refractivity contribution < 1.29 is 19.1 Å². The van der Waals surface area contributed by atoms with Crippen molar-refractivity contribution in [2.75, 3.05) is 12.3 Å². The van der Waals surface area contributed by atoms with Gasteiger partial charge in [0.1, 0.15) is 6.61 Å². The Morgan fingerprint density at radius 3 is 2.08 bits per heavy atom. The summed E-state index contributed by atoms with van der Waals surface area (Å²) in [5, 5.41) is 2.55. The molecule has 7 N–H and O–H groups in total. The Bertz CT molecular complexity index is 786. The first-order valence-electron chi connectivity index (χ1n) is 7.85. The summed E-state index contributed by atoms with van der Waals surface area (Å²) in [6.07, 6.45) is -0.456. The molecule has 0 aliphatic carbocycles. The van der Waals surface area contributed by atoms with Gasteiger partial charge in [-0.1, -0.05) is 30.3 Å². The van der Waals surface area contributed by atoms with E-state index in [4.69, 9.17) is 21.9 Å². The number of anilines is 1. The number of amides is 3. The molecule has 0 bridgehead atoms. The lowest BCUT2D eigenvalue weighted by molar-refractivity contribution is 0.0999. The van der Waals surface area contributed by atoms with E-state index in [-0.39, 0.29) is 36.4 Å². The Balaban J connectivity index is 1.99. The summed E-state index contributed by atoms with van der Waals surface area (Å²) in [4.78, 5) is 35.0. The maximum atomic E-state index is 11.8. The second kappa shape index (κ2) is 8.52. The molecule has 3 amide bonds. The van der Waals surface area contributed by atoms with Gasteiger partial charge in [0.2, 0.25) is 11.8 Å². The molecule has 0 radical (unpaired) electrons. The summed E-state index contributed by atoms with van der Waals surface area (Å²) in [6.45, 7) is 0.256. The molecular weight excluding hydrogens is 336 g/mol. The molecule has 8 nitrogen and oxygen atoms in total. The predicted octanol–water partition coefficient (Wildman–Crippen LogP) is 0.935. The third kappa shape index (κ3) is 4.97. The minimum atomic E-state index is -0.735. The van der Waals surface area contributed by atoms with Crippen LogP contribution in [0.4, 0.5) is 10.5 Å². The number of hydrogen-bond donors (Lipinski definition) is 4. The van der Waals surface area contributed by atoms with E-state index in [2.05, 4.69) is 5.32 Å². The second-order valence-electron chi connectivity index (χ2n) is 5.56. The lowest BCUT2D eigenvalue weighted by atomic mass is 9.96. The van der Waals surface area contributed by atoms with Gasteiger partial charge >= 0.3 is 6.09 Å². The van der Waals surface area contributed by atoms with Crippen LogP contribution in [0.1, 0.15) is 31.8 Å². The Morgan fingerprint density at radius 2 is 1.54 bits per heavy atom. The van der Waals surface area contributed by atoms with Crippen LogP contribution in [-0.2, 0) is 17.8 Å². The van der Waals surface area contributed by atoms with Crippen molar-refractivity contribution in [3.63, 3.8) is 0 Å². The monoisotopic (exact) mass is 356 g/mol. The first kappa shape index (κ1) is 18.8. The fourth-order valence-electron chi connectivity index (χ4n) is 2.47. The van der Waals surface area contributed by atoms with Gasteiger partial charge in [0, 0.05) is 23.4 Å². The summed E-state index contributed by atoms with van der Waals surface area (Å²) in [7, 11) is 0. The minimum Gasteiger partial charge on any atom is -0.445 e. The maximum Gasteiger partial charge on any atom is 0.407 e. The highest BCUT2D eigenvalue weighted by Crippen LogP contribution is 2.19. The van der Waals surface area contributed by atoms with Gasteiger partial charge in [-0.25, -0.2) is 4.79 Å². The zero-order valence-electron chi connectivity index (χ0n) is 14.0. The van der Waals surface area contributed by atoms with Crippen LogP contribution in [0.15, 0.2) is 42.5 Å². The predicted molar refractivity (Wildman–Crippen MR) is 96.2 cm³/mol. The average Bonchev–Trinajstić information content (AvgIpc) is 2.61. The highest BCUT2D eigenvalue weighted by Gasteiger charge is 2.17. The van der Waals surface area contributed by atoms with Crippen molar-refractivity contribution in [3.05, 3.63) is 64.7 Å². The van der Waals surface area contributed by atoms with Crippen molar-refractivity contribution in [1.82, 2.24) is 5.32 Å². The summed E-state index contributed by atoms with van der Waals surface area (Å²) in [5.41, 5.74) is 17.9. The van der Waals surface area contributed by atoms with Crippen LogP contribution in [0.3, 0.4) is 0 Å². The van der Waals surface area contributed by atoms with Crippen molar-refractivity contribution in [1.29, 1.82) is 0 Å². The summed E-state index contributed by atoms with van der Waals surface area (Å²) in [5.74, 6) is -1.47. The molecule has 2 aromatic rings. The smallest absolute Gasteiger partial charge is 0.407 e. The topological polar surface area (TPSA) is 151 Å². The molecule has 2 rings (SSSR count). The first-order chi connectivity index (χ1) is 12.4. The van der Waals surface area contributed by atoms with E-state index in [0.717, 1.165) is 5.56 Å². The number of primary amides is 2. The summed E-state index contributed by atoms with van der Waals surface area (Å²) in [6, 6.07) is 12.0. The van der Waals surface area contributed by atoms with Gasteiger partial charge in [-0.2, -0.15) is 0 Å². The van der Waals surface area contributed by atoms with Gasteiger partial charge in [0.25, 0.3) is 0 Å². The van der Waals surface area contributed by atoms with Gasteiger partial charge in [0.15, 0.2) is 0 Å². The fraction of sp³-hybridized carbons (Fsp3) is 0.167. The normalized spacial score (nSPS) is 10.2. The third-order valence-corrected chi connectivity index (χ3v) is 3.66. The zero-order chi connectivity index (χ0) is 19.1. The van der Waals surface area contributed by atoms with Crippen LogP contribution in [0.2, 0.25) is 0 Å². The minimum absolute atomic E-state index is 0.0956. The number of carbonyl (C=O) groups excluding carboxylic acids is 3. The molecule has 26 heavy (non-hydrogen) atoms. The van der Waals surface area contributed by atoms with E-state index >= 15 is 0 Å². The molecule has 8 heteroatoms. The third-order valence-electron chi connectivity index (χ3n) is 3.66. The highest BCUT2D eigenvalue weighted by molar-refractivity contribution is 6.02. The van der Waals surface area contributed by atoms with Crippen LogP contribution in [0.5, 0.6) is 0 Å². The second-order valence-corrected chi connectivity index (χ2v) is 5.56. The van der Waals surface area contributed by atoms with E-state index in [0.29, 0.717) is 5.56 Å².